The number of rotatable bonds is 13. The number of halogens is 3. The maximum absolute atomic E-state index is 13.8. The van der Waals surface area contributed by atoms with Crippen LogP contribution in [0.1, 0.15) is 16.7 Å². The molecule has 0 fully saturated rings. The second-order valence-corrected chi connectivity index (χ2v) is 11.5. The van der Waals surface area contributed by atoms with Crippen molar-refractivity contribution in [1.29, 1.82) is 0 Å². The first-order chi connectivity index (χ1) is 20.0. The third-order valence-electron chi connectivity index (χ3n) is 6.89. The van der Waals surface area contributed by atoms with Gasteiger partial charge in [-0.3, -0.25) is 4.79 Å². The van der Waals surface area contributed by atoms with Crippen LogP contribution in [0, 0.1) is 0 Å². The van der Waals surface area contributed by atoms with Crippen LogP contribution in [0.4, 0.5) is 13.2 Å². The van der Waals surface area contributed by atoms with Gasteiger partial charge in [-0.1, -0.05) is 42.5 Å². The zero-order chi connectivity index (χ0) is 30.3. The Balaban J connectivity index is 1.63. The van der Waals surface area contributed by atoms with Gasteiger partial charge in [-0.05, 0) is 42.3 Å². The van der Waals surface area contributed by atoms with Crippen molar-refractivity contribution < 1.29 is 35.9 Å². The standard InChI is InChI=1S/C30H32F3N3O5S/c1-40-17-16-36(42(38,39)25-10-7-9-24(18-25)30(31,32)33)21-29(37)35(20-23-8-3-6-13-28(23)41-2)15-14-22-19-34-27-12-5-4-11-26(22)27/h3-13,18-19,34H,14-17,20-21H2,1-2H3. The number of benzene rings is 3. The Morgan fingerprint density at radius 2 is 1.67 bits per heavy atom. The van der Waals surface area contributed by atoms with E-state index in [0.29, 0.717) is 18.2 Å². The molecule has 8 nitrogen and oxygen atoms in total. The number of sulfonamides is 1. The number of carbonyl (C=O) groups excluding carboxylic acids is 1. The maximum Gasteiger partial charge on any atom is 0.416 e. The average Bonchev–Trinajstić information content (AvgIpc) is 3.40. The number of alkyl halides is 3. The fourth-order valence-electron chi connectivity index (χ4n) is 4.64. The summed E-state index contributed by atoms with van der Waals surface area (Å²) < 4.78 is 78.5. The molecule has 42 heavy (non-hydrogen) atoms. The molecule has 0 aliphatic carbocycles. The SMILES string of the molecule is COCCN(CC(=O)N(CCc1c[nH]c2ccccc12)Cc1ccccc1OC)S(=O)(=O)c1cccc(C(F)(F)F)c1. The van der Waals surface area contributed by atoms with Crippen LogP contribution in [0.5, 0.6) is 5.75 Å². The highest BCUT2D eigenvalue weighted by Crippen LogP contribution is 2.31. The van der Waals surface area contributed by atoms with Crippen molar-refractivity contribution in [2.45, 2.75) is 24.0 Å². The molecule has 224 valence electrons. The highest BCUT2D eigenvalue weighted by molar-refractivity contribution is 7.89. The van der Waals surface area contributed by atoms with Gasteiger partial charge in [0, 0.05) is 49.4 Å². The molecule has 0 atom stereocenters. The van der Waals surface area contributed by atoms with Gasteiger partial charge in [-0.25, -0.2) is 8.42 Å². The third-order valence-corrected chi connectivity index (χ3v) is 8.73. The minimum absolute atomic E-state index is 0.0622. The van der Waals surface area contributed by atoms with Gasteiger partial charge >= 0.3 is 6.18 Å². The number of nitrogens with zero attached hydrogens (tertiary/aromatic N) is 2. The second-order valence-electron chi connectivity index (χ2n) is 9.59. The van der Waals surface area contributed by atoms with E-state index < -0.39 is 39.1 Å². The molecule has 3 aromatic carbocycles. The molecule has 12 heteroatoms. The minimum atomic E-state index is -4.73. The fourth-order valence-corrected chi connectivity index (χ4v) is 6.06. The van der Waals surface area contributed by atoms with Gasteiger partial charge in [0.1, 0.15) is 5.75 Å². The molecule has 0 aliphatic heterocycles. The van der Waals surface area contributed by atoms with Gasteiger partial charge < -0.3 is 19.4 Å². The molecule has 0 saturated heterocycles. The second kappa shape index (κ2) is 13.4. The third kappa shape index (κ3) is 7.30. The number of methoxy groups -OCH3 is 2. The van der Waals surface area contributed by atoms with Gasteiger partial charge in [0.25, 0.3) is 0 Å². The van der Waals surface area contributed by atoms with Crippen molar-refractivity contribution in [1.82, 2.24) is 14.2 Å². The normalized spacial score (nSPS) is 12.1. The summed E-state index contributed by atoms with van der Waals surface area (Å²) in [5, 5.41) is 1.01. The van der Waals surface area contributed by atoms with E-state index in [1.165, 1.54) is 19.1 Å². The molecule has 4 aromatic rings. The molecule has 0 unspecified atom stereocenters. The molecule has 0 saturated carbocycles. The van der Waals surface area contributed by atoms with Crippen LogP contribution < -0.4 is 4.74 Å². The van der Waals surface area contributed by atoms with Crippen LogP contribution >= 0.6 is 0 Å². The van der Waals surface area contributed by atoms with Crippen molar-refractivity contribution >= 4 is 26.8 Å². The Hall–Kier alpha value is -3.87. The van der Waals surface area contributed by atoms with Crippen LogP contribution in [0.3, 0.4) is 0 Å². The van der Waals surface area contributed by atoms with E-state index in [9.17, 15) is 26.4 Å². The number of nitrogens with one attached hydrogen (secondary N) is 1. The number of aromatic amines is 1. The monoisotopic (exact) mass is 603 g/mol. The van der Waals surface area contributed by atoms with Crippen LogP contribution in [0.2, 0.25) is 0 Å². The fraction of sp³-hybridized carbons (Fsp3) is 0.300. The highest BCUT2D eigenvalue weighted by atomic mass is 32.2. The number of aromatic nitrogens is 1. The van der Waals surface area contributed by atoms with Gasteiger partial charge in [0.05, 0.1) is 30.7 Å². The number of amides is 1. The molecule has 1 N–H and O–H groups in total. The van der Waals surface area contributed by atoms with Crippen molar-refractivity contribution in [3.63, 3.8) is 0 Å². The predicted octanol–water partition coefficient (Wildman–Crippen LogP) is 5.10. The lowest BCUT2D eigenvalue weighted by Crippen LogP contribution is -2.44. The summed E-state index contributed by atoms with van der Waals surface area (Å²) in [6.45, 7) is -0.503. The Labute approximate surface area is 242 Å². The lowest BCUT2D eigenvalue weighted by atomic mass is 10.1. The molecule has 4 rings (SSSR count). The highest BCUT2D eigenvalue weighted by Gasteiger charge is 2.34. The van der Waals surface area contributed by atoms with Crippen molar-refractivity contribution in [2.75, 3.05) is 40.5 Å². The molecule has 0 bridgehead atoms. The van der Waals surface area contributed by atoms with E-state index in [4.69, 9.17) is 9.47 Å². The molecule has 0 spiro atoms. The van der Waals surface area contributed by atoms with E-state index in [-0.39, 0.29) is 26.2 Å². The van der Waals surface area contributed by atoms with E-state index in [1.807, 2.05) is 42.6 Å². The summed E-state index contributed by atoms with van der Waals surface area (Å²) in [5.41, 5.74) is 1.55. The number of hydrogen-bond donors (Lipinski definition) is 1. The first-order valence-corrected chi connectivity index (χ1v) is 14.6. The Morgan fingerprint density at radius 3 is 2.40 bits per heavy atom. The zero-order valence-corrected chi connectivity index (χ0v) is 24.0. The number of carbonyl (C=O) groups is 1. The number of H-pyrrole nitrogens is 1. The summed E-state index contributed by atoms with van der Waals surface area (Å²) in [6, 6.07) is 18.4. The molecule has 1 heterocycles. The van der Waals surface area contributed by atoms with Crippen molar-refractivity contribution in [3.8, 4) is 5.75 Å². The summed E-state index contributed by atoms with van der Waals surface area (Å²) in [4.78, 5) is 18.0. The lowest BCUT2D eigenvalue weighted by molar-refractivity contribution is -0.137. The quantitative estimate of drug-likeness (QED) is 0.230. The van der Waals surface area contributed by atoms with Gasteiger partial charge in [0.2, 0.25) is 15.9 Å². The summed E-state index contributed by atoms with van der Waals surface area (Å²) >= 11 is 0. The van der Waals surface area contributed by atoms with E-state index in [1.54, 1.807) is 12.1 Å². The largest absolute Gasteiger partial charge is 0.496 e. The topological polar surface area (TPSA) is 91.9 Å². The van der Waals surface area contributed by atoms with Crippen LogP contribution in [-0.2, 0) is 38.7 Å². The molecular weight excluding hydrogens is 571 g/mol. The van der Waals surface area contributed by atoms with Gasteiger partial charge in [-0.2, -0.15) is 17.5 Å². The first kappa shape index (κ1) is 31.1. The molecule has 0 radical (unpaired) electrons. The van der Waals surface area contributed by atoms with Gasteiger partial charge in [0.15, 0.2) is 0 Å². The number of para-hydroxylation sites is 2. The van der Waals surface area contributed by atoms with E-state index in [0.717, 1.165) is 44.5 Å². The molecule has 1 amide bonds. The Kier molecular flexibility index (Phi) is 9.92. The summed E-state index contributed by atoms with van der Waals surface area (Å²) in [7, 11) is -1.60. The minimum Gasteiger partial charge on any atom is -0.496 e. The van der Waals surface area contributed by atoms with E-state index >= 15 is 0 Å². The van der Waals surface area contributed by atoms with E-state index in [2.05, 4.69) is 4.98 Å². The Morgan fingerprint density at radius 1 is 0.929 bits per heavy atom. The van der Waals surface area contributed by atoms with Crippen molar-refractivity contribution in [3.05, 3.63) is 95.7 Å². The summed E-state index contributed by atoms with van der Waals surface area (Å²) in [5.74, 6) is 0.0441. The zero-order valence-electron chi connectivity index (χ0n) is 23.2. The maximum atomic E-state index is 13.8. The predicted molar refractivity (Wildman–Crippen MR) is 152 cm³/mol. The van der Waals surface area contributed by atoms with Crippen LogP contribution in [0.15, 0.2) is 83.9 Å². The van der Waals surface area contributed by atoms with Crippen LogP contribution in [0.25, 0.3) is 10.9 Å². The van der Waals surface area contributed by atoms with Crippen LogP contribution in [-0.4, -0.2) is 69.0 Å². The smallest absolute Gasteiger partial charge is 0.416 e. The van der Waals surface area contributed by atoms with Crippen molar-refractivity contribution in [2.24, 2.45) is 0 Å². The number of hydrogen-bond acceptors (Lipinski definition) is 5. The number of ether oxygens (including phenoxy) is 2. The first-order valence-electron chi connectivity index (χ1n) is 13.2. The molecular formula is C30H32F3N3O5S. The molecule has 1 aromatic heterocycles. The lowest BCUT2D eigenvalue weighted by Gasteiger charge is -2.28. The Bertz CT molecular complexity index is 1620. The summed E-state index contributed by atoms with van der Waals surface area (Å²) in [6.07, 6.45) is -2.38. The number of fused-ring (bicyclic) bond motifs is 1. The average molecular weight is 604 g/mol. The molecule has 0 aliphatic rings. The van der Waals surface area contributed by atoms with Gasteiger partial charge in [-0.15, -0.1) is 0 Å².